The third-order valence-corrected chi connectivity index (χ3v) is 14.9. The zero-order valence-corrected chi connectivity index (χ0v) is 34.8. The van der Waals surface area contributed by atoms with Crippen molar-refractivity contribution >= 4 is 62.1 Å². The molecule has 4 amide bonds. The van der Waals surface area contributed by atoms with Crippen LogP contribution in [-0.4, -0.2) is 115 Å². The summed E-state index contributed by atoms with van der Waals surface area (Å²) in [6.07, 6.45) is -1.03. The molecular weight excluding hydrogens is 838 g/mol. The highest BCUT2D eigenvalue weighted by molar-refractivity contribution is 7.91. The quantitative estimate of drug-likeness (QED) is 0.195. The Kier molecular flexibility index (Phi) is 11.1. The van der Waals surface area contributed by atoms with Gasteiger partial charge in [-0.1, -0.05) is 37.6 Å². The molecule has 0 bridgehead atoms. The van der Waals surface area contributed by atoms with E-state index in [1.807, 2.05) is 11.6 Å². The van der Waals surface area contributed by atoms with Gasteiger partial charge in [-0.3, -0.25) is 28.4 Å². The molecule has 1 aromatic carbocycles. The third-order valence-electron chi connectivity index (χ3n) is 12.6. The highest BCUT2D eigenvalue weighted by Gasteiger charge is 2.64. The molecule has 7 rings (SSSR count). The van der Waals surface area contributed by atoms with Crippen LogP contribution in [0.25, 0.3) is 16.7 Å². The number of imidazole rings is 1. The van der Waals surface area contributed by atoms with Crippen LogP contribution in [0.1, 0.15) is 72.6 Å². The first-order chi connectivity index (χ1) is 28.1. The lowest BCUT2D eigenvalue weighted by Gasteiger charge is -2.45. The Morgan fingerprint density at radius 2 is 1.88 bits per heavy atom. The molecule has 2 aliphatic heterocycles. The van der Waals surface area contributed by atoms with Crippen LogP contribution in [0.15, 0.2) is 42.7 Å². The van der Waals surface area contributed by atoms with Crippen LogP contribution >= 0.6 is 11.6 Å². The van der Waals surface area contributed by atoms with Crippen molar-refractivity contribution in [1.29, 1.82) is 0 Å². The minimum absolute atomic E-state index is 0.00449. The van der Waals surface area contributed by atoms with Gasteiger partial charge in [0.15, 0.2) is 0 Å². The van der Waals surface area contributed by atoms with E-state index in [-0.39, 0.29) is 54.6 Å². The maximum atomic E-state index is 15.1. The Hall–Kier alpha value is -4.72. The number of allylic oxidation sites excluding steroid dienone is 1. The fourth-order valence-electron chi connectivity index (χ4n) is 8.59. The molecule has 3 N–H and O–H groups in total. The number of alkyl halides is 4. The SMILES string of the molecule is C[C@@H]1CC/C=C\[C@@H]2C[C@@]2(C(=O)NS(=O)(=O)C2(CF)CC2)NC(=O)[C@@H]2C[C@@H](Oc3nc4nccn4c4ccc(Cl)cc34)CN2C(=O)[C@@H](N(C(=O)O)C(C)(C)C(F)(F)F)[C@H](C)C1. The number of carboxylic acid groups (broad SMARTS) is 1. The molecule has 7 atom stereocenters. The topological polar surface area (TPSA) is 193 Å². The zero-order chi connectivity index (χ0) is 43.7. The number of ether oxygens (including phenoxy) is 1. The minimum Gasteiger partial charge on any atom is -0.472 e. The van der Waals surface area contributed by atoms with E-state index < -0.39 is 99.1 Å². The number of nitrogens with one attached hydrogen (secondary N) is 2. The maximum Gasteiger partial charge on any atom is 0.411 e. The summed E-state index contributed by atoms with van der Waals surface area (Å²) in [5, 5.41) is 13.9. The molecule has 3 fully saturated rings. The van der Waals surface area contributed by atoms with Crippen molar-refractivity contribution in [2.24, 2.45) is 17.8 Å². The first-order valence-corrected chi connectivity index (χ1v) is 21.5. The molecule has 3 aromatic rings. The fraction of sp³-hybridized carbons (Fsp3) is 0.590. The molecule has 0 unspecified atom stereocenters. The fourth-order valence-corrected chi connectivity index (χ4v) is 10.2. The van der Waals surface area contributed by atoms with Crippen molar-refractivity contribution in [3.8, 4) is 5.88 Å². The number of nitrogens with zero attached hydrogens (tertiary/aromatic N) is 5. The Morgan fingerprint density at radius 1 is 1.17 bits per heavy atom. The Bertz CT molecular complexity index is 2370. The van der Waals surface area contributed by atoms with Crippen molar-refractivity contribution in [2.45, 2.75) is 113 Å². The van der Waals surface area contributed by atoms with Gasteiger partial charge in [0.2, 0.25) is 33.5 Å². The monoisotopic (exact) mass is 883 g/mol. The maximum absolute atomic E-state index is 15.1. The van der Waals surface area contributed by atoms with E-state index in [1.54, 1.807) is 40.9 Å². The molecule has 326 valence electrons. The third kappa shape index (κ3) is 7.62. The molecule has 1 saturated heterocycles. The molecule has 4 aliphatic rings. The van der Waals surface area contributed by atoms with Gasteiger partial charge in [-0.15, -0.1) is 0 Å². The second-order valence-corrected chi connectivity index (χ2v) is 19.7. The summed E-state index contributed by atoms with van der Waals surface area (Å²) >= 11 is 6.35. The van der Waals surface area contributed by atoms with E-state index in [0.29, 0.717) is 42.6 Å². The van der Waals surface area contributed by atoms with Gasteiger partial charge in [0.05, 0.1) is 17.4 Å². The molecule has 2 aliphatic carbocycles. The molecule has 4 heterocycles. The van der Waals surface area contributed by atoms with E-state index >= 15 is 4.79 Å². The highest BCUT2D eigenvalue weighted by atomic mass is 35.5. The van der Waals surface area contributed by atoms with E-state index in [9.17, 15) is 45.5 Å². The largest absolute Gasteiger partial charge is 0.472 e. The Labute approximate surface area is 347 Å². The van der Waals surface area contributed by atoms with Gasteiger partial charge < -0.3 is 20.1 Å². The average Bonchev–Trinajstić information content (AvgIpc) is 4.00. The first-order valence-electron chi connectivity index (χ1n) is 19.7. The second-order valence-electron chi connectivity index (χ2n) is 17.2. The van der Waals surface area contributed by atoms with Crippen LogP contribution in [0.2, 0.25) is 5.02 Å². The van der Waals surface area contributed by atoms with Crippen LogP contribution in [0.5, 0.6) is 5.88 Å². The number of hydrogen-bond acceptors (Lipinski definition) is 9. The van der Waals surface area contributed by atoms with Gasteiger partial charge in [-0.05, 0) is 82.4 Å². The summed E-state index contributed by atoms with van der Waals surface area (Å²) < 4.78 is 92.8. The molecule has 0 radical (unpaired) electrons. The van der Waals surface area contributed by atoms with Crippen molar-refractivity contribution in [3.05, 3.63) is 47.8 Å². The molecular formula is C39H46ClF4N7O8S. The molecule has 2 aromatic heterocycles. The number of halogens is 5. The molecule has 60 heavy (non-hydrogen) atoms. The number of sulfonamides is 1. The van der Waals surface area contributed by atoms with Crippen LogP contribution in [0, 0.1) is 17.8 Å². The zero-order valence-electron chi connectivity index (χ0n) is 33.2. The van der Waals surface area contributed by atoms with Gasteiger partial charge >= 0.3 is 12.3 Å². The number of hydrogen-bond donors (Lipinski definition) is 3. The highest BCUT2D eigenvalue weighted by Crippen LogP contribution is 2.48. The summed E-state index contributed by atoms with van der Waals surface area (Å²) in [5.74, 6) is -4.90. The van der Waals surface area contributed by atoms with Gasteiger partial charge in [0, 0.05) is 29.8 Å². The van der Waals surface area contributed by atoms with Crippen molar-refractivity contribution in [2.75, 3.05) is 13.2 Å². The van der Waals surface area contributed by atoms with Gasteiger partial charge in [-0.2, -0.15) is 18.2 Å². The van der Waals surface area contributed by atoms with Crippen LogP contribution in [0.4, 0.5) is 22.4 Å². The number of carbonyl (C=O) groups excluding carboxylic acids is 3. The van der Waals surface area contributed by atoms with E-state index in [0.717, 1.165) is 4.90 Å². The van der Waals surface area contributed by atoms with Crippen LogP contribution in [-0.2, 0) is 24.4 Å². The van der Waals surface area contributed by atoms with Crippen LogP contribution in [0.3, 0.4) is 0 Å². The first kappa shape index (κ1) is 43.4. The second kappa shape index (κ2) is 15.3. The summed E-state index contributed by atoms with van der Waals surface area (Å²) in [7, 11) is -4.52. The minimum atomic E-state index is -5.13. The Balaban J connectivity index is 1.31. The number of fused-ring (bicyclic) bond motifs is 5. The predicted octanol–water partition coefficient (Wildman–Crippen LogP) is 5.41. The van der Waals surface area contributed by atoms with E-state index in [2.05, 4.69) is 15.3 Å². The average molecular weight is 884 g/mol. The van der Waals surface area contributed by atoms with Crippen LogP contribution < -0.4 is 14.8 Å². The van der Waals surface area contributed by atoms with Gasteiger partial charge in [-0.25, -0.2) is 22.6 Å². The lowest BCUT2D eigenvalue weighted by atomic mass is 9.85. The normalized spacial score (nSPS) is 29.1. The van der Waals surface area contributed by atoms with Gasteiger partial charge in [0.25, 0.3) is 5.91 Å². The number of carbonyl (C=O) groups is 4. The lowest BCUT2D eigenvalue weighted by Crippen LogP contribution is -2.66. The predicted molar refractivity (Wildman–Crippen MR) is 209 cm³/mol. The Morgan fingerprint density at radius 3 is 2.53 bits per heavy atom. The summed E-state index contributed by atoms with van der Waals surface area (Å²) in [4.78, 5) is 66.4. The number of amides is 4. The smallest absolute Gasteiger partial charge is 0.411 e. The summed E-state index contributed by atoms with van der Waals surface area (Å²) in [6.45, 7) is 2.98. The number of benzene rings is 1. The summed E-state index contributed by atoms with van der Waals surface area (Å²) in [6, 6.07) is 1.40. The molecule has 15 nitrogen and oxygen atoms in total. The molecule has 2 saturated carbocycles. The molecule has 0 spiro atoms. The van der Waals surface area contributed by atoms with Gasteiger partial charge in [0.1, 0.15) is 40.7 Å². The standard InChI is InChI=1S/C39H46ClF4N7O8S/c1-21-7-5-6-8-23-18-38(23,33(54)48-60(57,58)37(20-41)11-12-37)47-30(52)28-17-25(59-31-26-16-24(40)9-10-27(26)49-14-13-45-34(49)46-31)19-50(28)32(53)29(22(2)15-21)51(35(55)56)36(3,4)39(42,43)44/h6,8-10,13-14,16,21-23,25,28-29H,5,7,11-12,15,17-20H2,1-4H3,(H,47,52)(H,48,54)(H,55,56)/b8-6-/t21-,22-,23-,25-,28+,29+,38-/m1/s1. The van der Waals surface area contributed by atoms with Crippen molar-refractivity contribution in [1.82, 2.24) is 34.2 Å². The van der Waals surface area contributed by atoms with Crippen molar-refractivity contribution < 1.29 is 55.0 Å². The number of rotatable bonds is 8. The molecule has 21 heteroatoms. The summed E-state index contributed by atoms with van der Waals surface area (Å²) in [5.41, 5.74) is -4.35. The van der Waals surface area contributed by atoms with Crippen molar-refractivity contribution in [3.63, 3.8) is 0 Å². The van der Waals surface area contributed by atoms with E-state index in [1.165, 1.54) is 13.1 Å². The van der Waals surface area contributed by atoms with E-state index in [4.69, 9.17) is 16.3 Å². The number of aromatic nitrogens is 3. The lowest BCUT2D eigenvalue weighted by molar-refractivity contribution is -0.222.